The topological polar surface area (TPSA) is 17.1 Å². The fourth-order valence-corrected chi connectivity index (χ4v) is 1.64. The van der Waals surface area contributed by atoms with E-state index in [2.05, 4.69) is 0 Å². The highest BCUT2D eigenvalue weighted by atomic mass is 35.5. The molecule has 14 heavy (non-hydrogen) atoms. The first-order valence-electron chi connectivity index (χ1n) is 4.65. The second kappa shape index (κ2) is 4.14. The molecule has 0 aromatic heterocycles. The van der Waals surface area contributed by atoms with Crippen molar-refractivity contribution in [2.24, 2.45) is 0 Å². The molecule has 0 aliphatic carbocycles. The number of ketones is 1. The highest BCUT2D eigenvalue weighted by molar-refractivity contribution is 6.20. The third-order valence-electron chi connectivity index (χ3n) is 2.73. The smallest absolute Gasteiger partial charge is 0.141 e. The van der Waals surface area contributed by atoms with Crippen LogP contribution >= 0.6 is 11.6 Å². The molecular formula is C12H15ClO. The number of alkyl halides is 1. The third kappa shape index (κ3) is 1.98. The first kappa shape index (κ1) is 11.3. The summed E-state index contributed by atoms with van der Waals surface area (Å²) in [5.41, 5.74) is 1.63. The van der Waals surface area contributed by atoms with Gasteiger partial charge in [0, 0.05) is 5.88 Å². The molecule has 0 aliphatic heterocycles. The molecule has 0 fully saturated rings. The van der Waals surface area contributed by atoms with Gasteiger partial charge in [0.25, 0.3) is 0 Å². The van der Waals surface area contributed by atoms with Crippen LogP contribution in [0.15, 0.2) is 24.3 Å². The normalized spacial score (nSPS) is 14.9. The van der Waals surface area contributed by atoms with E-state index in [-0.39, 0.29) is 5.78 Å². The van der Waals surface area contributed by atoms with Crippen molar-refractivity contribution in [1.29, 1.82) is 0 Å². The van der Waals surface area contributed by atoms with Gasteiger partial charge in [-0.2, -0.15) is 0 Å². The molecule has 0 heterocycles. The van der Waals surface area contributed by atoms with Crippen LogP contribution in [0.3, 0.4) is 0 Å². The Morgan fingerprint density at radius 2 is 1.86 bits per heavy atom. The Morgan fingerprint density at radius 1 is 1.36 bits per heavy atom. The van der Waals surface area contributed by atoms with E-state index in [1.54, 1.807) is 6.92 Å². The Hall–Kier alpha value is -0.820. The number of benzene rings is 1. The van der Waals surface area contributed by atoms with Crippen molar-refractivity contribution in [2.75, 3.05) is 5.88 Å². The van der Waals surface area contributed by atoms with Gasteiger partial charge in [-0.05, 0) is 26.3 Å². The standard InChI is InChI=1S/C12H15ClO/c1-9-4-6-11(7-5-9)12(3,8-13)10(2)14/h4-7H,8H2,1-3H3. The molecule has 1 atom stereocenters. The summed E-state index contributed by atoms with van der Waals surface area (Å²) in [5, 5.41) is 0. The molecular weight excluding hydrogens is 196 g/mol. The number of rotatable bonds is 3. The van der Waals surface area contributed by atoms with Crippen molar-refractivity contribution in [3.8, 4) is 0 Å². The predicted molar refractivity (Wildman–Crippen MR) is 59.9 cm³/mol. The second-order valence-corrected chi connectivity index (χ2v) is 4.16. The highest BCUT2D eigenvalue weighted by Gasteiger charge is 2.30. The van der Waals surface area contributed by atoms with E-state index >= 15 is 0 Å². The first-order valence-corrected chi connectivity index (χ1v) is 5.18. The van der Waals surface area contributed by atoms with Crippen LogP contribution in [0.4, 0.5) is 0 Å². The zero-order valence-electron chi connectivity index (χ0n) is 8.80. The van der Waals surface area contributed by atoms with Gasteiger partial charge in [-0.1, -0.05) is 29.8 Å². The number of carbonyl (C=O) groups is 1. The highest BCUT2D eigenvalue weighted by Crippen LogP contribution is 2.26. The minimum absolute atomic E-state index is 0.108. The lowest BCUT2D eigenvalue weighted by molar-refractivity contribution is -0.121. The van der Waals surface area contributed by atoms with E-state index < -0.39 is 5.41 Å². The van der Waals surface area contributed by atoms with Crippen molar-refractivity contribution in [3.05, 3.63) is 35.4 Å². The van der Waals surface area contributed by atoms with Crippen molar-refractivity contribution < 1.29 is 4.79 Å². The SMILES string of the molecule is CC(=O)C(C)(CCl)c1ccc(C)cc1. The number of hydrogen-bond donors (Lipinski definition) is 0. The van der Waals surface area contributed by atoms with Gasteiger partial charge in [0.1, 0.15) is 5.78 Å². The van der Waals surface area contributed by atoms with Crippen LogP contribution in [0.1, 0.15) is 25.0 Å². The van der Waals surface area contributed by atoms with Crippen LogP contribution in [0.2, 0.25) is 0 Å². The lowest BCUT2D eigenvalue weighted by Gasteiger charge is -2.24. The van der Waals surface area contributed by atoms with Crippen molar-refractivity contribution >= 4 is 17.4 Å². The molecule has 1 aromatic rings. The minimum atomic E-state index is -0.546. The maximum atomic E-state index is 11.5. The summed E-state index contributed by atoms with van der Waals surface area (Å²) in [7, 11) is 0. The van der Waals surface area contributed by atoms with Crippen LogP contribution in [0, 0.1) is 6.92 Å². The summed E-state index contributed by atoms with van der Waals surface area (Å²) in [4.78, 5) is 11.5. The second-order valence-electron chi connectivity index (χ2n) is 3.89. The summed E-state index contributed by atoms with van der Waals surface area (Å²) in [6.45, 7) is 5.49. The number of aryl methyl sites for hydroxylation is 1. The van der Waals surface area contributed by atoms with E-state index in [9.17, 15) is 4.79 Å². The number of carbonyl (C=O) groups excluding carboxylic acids is 1. The summed E-state index contributed by atoms with van der Waals surface area (Å²) in [5.74, 6) is 0.433. The summed E-state index contributed by atoms with van der Waals surface area (Å²) >= 11 is 5.86. The molecule has 1 aromatic carbocycles. The largest absolute Gasteiger partial charge is 0.299 e. The molecule has 2 heteroatoms. The molecule has 1 rings (SSSR count). The molecule has 0 saturated carbocycles. The van der Waals surface area contributed by atoms with E-state index in [1.165, 1.54) is 5.56 Å². The Kier molecular flexibility index (Phi) is 3.33. The average Bonchev–Trinajstić information content (AvgIpc) is 2.17. The van der Waals surface area contributed by atoms with Gasteiger partial charge in [-0.25, -0.2) is 0 Å². The maximum Gasteiger partial charge on any atom is 0.141 e. The Bertz CT molecular complexity index is 329. The van der Waals surface area contributed by atoms with Gasteiger partial charge in [-0.15, -0.1) is 11.6 Å². The number of hydrogen-bond acceptors (Lipinski definition) is 1. The molecule has 0 amide bonds. The van der Waals surface area contributed by atoms with Gasteiger partial charge >= 0.3 is 0 Å². The molecule has 76 valence electrons. The fourth-order valence-electron chi connectivity index (χ4n) is 1.30. The third-order valence-corrected chi connectivity index (χ3v) is 3.27. The zero-order valence-corrected chi connectivity index (χ0v) is 9.56. The van der Waals surface area contributed by atoms with E-state index in [1.807, 2.05) is 38.1 Å². The average molecular weight is 211 g/mol. The predicted octanol–water partition coefficient (Wildman–Crippen LogP) is 3.08. The summed E-state index contributed by atoms with van der Waals surface area (Å²) < 4.78 is 0. The minimum Gasteiger partial charge on any atom is -0.299 e. The number of halogens is 1. The molecule has 0 radical (unpaired) electrons. The molecule has 1 nitrogen and oxygen atoms in total. The van der Waals surface area contributed by atoms with Crippen LogP contribution in [-0.4, -0.2) is 11.7 Å². The van der Waals surface area contributed by atoms with E-state index in [0.29, 0.717) is 5.88 Å². The van der Waals surface area contributed by atoms with Crippen molar-refractivity contribution in [3.63, 3.8) is 0 Å². The molecule has 0 N–H and O–H groups in total. The maximum absolute atomic E-state index is 11.5. The zero-order chi connectivity index (χ0) is 10.8. The Balaban J connectivity index is 3.13. The Labute approximate surface area is 90.1 Å². The molecule has 0 saturated heterocycles. The van der Waals surface area contributed by atoms with Crippen molar-refractivity contribution in [2.45, 2.75) is 26.2 Å². The summed E-state index contributed by atoms with van der Waals surface area (Å²) in [6.07, 6.45) is 0. The van der Waals surface area contributed by atoms with Crippen LogP contribution in [0.5, 0.6) is 0 Å². The monoisotopic (exact) mass is 210 g/mol. The van der Waals surface area contributed by atoms with Crippen LogP contribution in [0.25, 0.3) is 0 Å². The molecule has 1 unspecified atom stereocenters. The van der Waals surface area contributed by atoms with Gasteiger partial charge in [0.2, 0.25) is 0 Å². The van der Waals surface area contributed by atoms with Crippen LogP contribution < -0.4 is 0 Å². The Morgan fingerprint density at radius 3 is 2.21 bits per heavy atom. The molecule has 0 aliphatic rings. The van der Waals surface area contributed by atoms with Gasteiger partial charge in [0.15, 0.2) is 0 Å². The molecule has 0 spiro atoms. The lowest BCUT2D eigenvalue weighted by atomic mass is 9.81. The van der Waals surface area contributed by atoms with Crippen molar-refractivity contribution in [1.82, 2.24) is 0 Å². The summed E-state index contributed by atoms with van der Waals surface area (Å²) in [6, 6.07) is 7.95. The van der Waals surface area contributed by atoms with Gasteiger partial charge < -0.3 is 0 Å². The van der Waals surface area contributed by atoms with Crippen LogP contribution in [-0.2, 0) is 10.2 Å². The van der Waals surface area contributed by atoms with E-state index in [0.717, 1.165) is 5.56 Å². The quantitative estimate of drug-likeness (QED) is 0.701. The molecule has 0 bridgehead atoms. The number of Topliss-reactive ketones (excluding diaryl/α,β-unsaturated/α-hetero) is 1. The van der Waals surface area contributed by atoms with Gasteiger partial charge in [0.05, 0.1) is 5.41 Å². The van der Waals surface area contributed by atoms with Gasteiger partial charge in [-0.3, -0.25) is 4.79 Å². The first-order chi connectivity index (χ1) is 6.50. The fraction of sp³-hybridized carbons (Fsp3) is 0.417. The van der Waals surface area contributed by atoms with E-state index in [4.69, 9.17) is 11.6 Å². The lowest BCUT2D eigenvalue weighted by Crippen LogP contribution is -2.32.